The van der Waals surface area contributed by atoms with Crippen molar-refractivity contribution in [1.82, 2.24) is 5.43 Å². The summed E-state index contributed by atoms with van der Waals surface area (Å²) in [7, 11) is 0. The van der Waals surface area contributed by atoms with Gasteiger partial charge >= 0.3 is 0 Å². The van der Waals surface area contributed by atoms with Gasteiger partial charge in [-0.05, 0) is 42.2 Å². The molecule has 0 aliphatic rings. The Kier molecular flexibility index (Phi) is 7.20. The number of hydrogen-bond acceptors (Lipinski definition) is 3. The second-order valence-electron chi connectivity index (χ2n) is 6.34. The smallest absolute Gasteiger partial charge is 0.271 e. The fourth-order valence-electron chi connectivity index (χ4n) is 2.28. The number of nitrogens with one attached hydrogen (secondary N) is 1. The molecule has 1 amide bonds. The lowest BCUT2D eigenvalue weighted by atomic mass is 10.1. The van der Waals surface area contributed by atoms with Crippen LogP contribution in [0, 0.1) is 5.92 Å². The van der Waals surface area contributed by atoms with E-state index in [0.717, 1.165) is 29.9 Å². The molecule has 0 aromatic heterocycles. The van der Waals surface area contributed by atoms with Crippen molar-refractivity contribution in [3.8, 4) is 5.75 Å². The zero-order chi connectivity index (χ0) is 18.1. The van der Waals surface area contributed by atoms with E-state index in [1.54, 1.807) is 12.1 Å². The van der Waals surface area contributed by atoms with Crippen molar-refractivity contribution in [3.05, 3.63) is 65.7 Å². The molecule has 0 aliphatic heterocycles. The molecular formula is C21H26N2O2. The molecule has 0 unspecified atom stereocenters. The highest BCUT2D eigenvalue weighted by Gasteiger charge is 2.07. The van der Waals surface area contributed by atoms with Crippen LogP contribution in [0.1, 0.15) is 49.5 Å². The third kappa shape index (κ3) is 6.07. The van der Waals surface area contributed by atoms with E-state index >= 15 is 0 Å². The lowest BCUT2D eigenvalue weighted by Crippen LogP contribution is -2.20. The van der Waals surface area contributed by atoms with Crippen molar-refractivity contribution in [2.45, 2.75) is 33.6 Å². The van der Waals surface area contributed by atoms with Crippen LogP contribution in [0.3, 0.4) is 0 Å². The highest BCUT2D eigenvalue weighted by atomic mass is 16.5. The van der Waals surface area contributed by atoms with Crippen molar-refractivity contribution >= 4 is 11.6 Å². The first-order valence-electron chi connectivity index (χ1n) is 8.75. The second kappa shape index (κ2) is 9.62. The van der Waals surface area contributed by atoms with Crippen molar-refractivity contribution in [3.63, 3.8) is 0 Å². The summed E-state index contributed by atoms with van der Waals surface area (Å²) in [4.78, 5) is 12.3. The molecular weight excluding hydrogens is 312 g/mol. The molecule has 0 bridgehead atoms. The van der Waals surface area contributed by atoms with Gasteiger partial charge in [0.05, 0.1) is 12.3 Å². The molecule has 0 heterocycles. The molecule has 4 heteroatoms. The molecule has 0 fully saturated rings. The lowest BCUT2D eigenvalue weighted by Gasteiger charge is -2.09. The summed E-state index contributed by atoms with van der Waals surface area (Å²) in [6.45, 7) is 6.95. The summed E-state index contributed by atoms with van der Waals surface area (Å²) in [5, 5.41) is 4.33. The average Bonchev–Trinajstić information content (AvgIpc) is 2.64. The predicted molar refractivity (Wildman–Crippen MR) is 102 cm³/mol. The van der Waals surface area contributed by atoms with E-state index in [1.165, 1.54) is 0 Å². The Morgan fingerprint density at radius 2 is 1.72 bits per heavy atom. The molecule has 2 aromatic rings. The van der Waals surface area contributed by atoms with Gasteiger partial charge in [-0.2, -0.15) is 5.10 Å². The van der Waals surface area contributed by atoms with Crippen LogP contribution in [-0.2, 0) is 0 Å². The third-order valence-electron chi connectivity index (χ3n) is 3.59. The van der Waals surface area contributed by atoms with Gasteiger partial charge in [0.25, 0.3) is 5.91 Å². The maximum absolute atomic E-state index is 12.3. The van der Waals surface area contributed by atoms with Crippen molar-refractivity contribution in [1.29, 1.82) is 0 Å². The van der Waals surface area contributed by atoms with Gasteiger partial charge < -0.3 is 4.74 Å². The predicted octanol–water partition coefficient (Wildman–Crippen LogP) is 4.66. The summed E-state index contributed by atoms with van der Waals surface area (Å²) >= 11 is 0. The molecule has 2 rings (SSSR count). The molecule has 0 spiro atoms. The van der Waals surface area contributed by atoms with E-state index in [1.807, 2.05) is 42.5 Å². The zero-order valence-corrected chi connectivity index (χ0v) is 15.2. The zero-order valence-electron chi connectivity index (χ0n) is 15.2. The largest absolute Gasteiger partial charge is 0.493 e. The van der Waals surface area contributed by atoms with E-state index in [4.69, 9.17) is 4.74 Å². The van der Waals surface area contributed by atoms with Crippen molar-refractivity contribution in [2.24, 2.45) is 11.0 Å². The maximum Gasteiger partial charge on any atom is 0.271 e. The molecule has 0 radical (unpaired) electrons. The third-order valence-corrected chi connectivity index (χ3v) is 3.59. The quantitative estimate of drug-likeness (QED) is 0.562. The Balaban J connectivity index is 2.02. The van der Waals surface area contributed by atoms with Crippen LogP contribution in [0.5, 0.6) is 5.75 Å². The summed E-state index contributed by atoms with van der Waals surface area (Å²) in [5.74, 6) is 1.01. The van der Waals surface area contributed by atoms with Crippen LogP contribution in [0.4, 0.5) is 0 Å². The Bertz CT molecular complexity index is 692. The molecule has 4 nitrogen and oxygen atoms in total. The fourth-order valence-corrected chi connectivity index (χ4v) is 2.28. The van der Waals surface area contributed by atoms with Crippen LogP contribution in [0.15, 0.2) is 59.7 Å². The van der Waals surface area contributed by atoms with Crippen LogP contribution >= 0.6 is 0 Å². The van der Waals surface area contributed by atoms with E-state index < -0.39 is 0 Å². The highest BCUT2D eigenvalue weighted by Crippen LogP contribution is 2.13. The van der Waals surface area contributed by atoms with Gasteiger partial charge in [-0.1, -0.05) is 57.5 Å². The number of rotatable bonds is 8. The SMILES string of the molecule is CCC/C(=N\NC(=O)c1ccc(OCC(C)C)cc1)c1ccccc1. The molecule has 0 saturated carbocycles. The summed E-state index contributed by atoms with van der Waals surface area (Å²) in [6.07, 6.45) is 1.78. The summed E-state index contributed by atoms with van der Waals surface area (Å²) < 4.78 is 5.63. The van der Waals surface area contributed by atoms with Gasteiger partial charge in [0, 0.05) is 5.56 Å². The van der Waals surface area contributed by atoms with E-state index in [0.29, 0.717) is 18.1 Å². The average molecular weight is 338 g/mol. The maximum atomic E-state index is 12.3. The number of ether oxygens (including phenoxy) is 1. The summed E-state index contributed by atoms with van der Waals surface area (Å²) in [6, 6.07) is 17.0. The van der Waals surface area contributed by atoms with Crippen LogP contribution in [0.2, 0.25) is 0 Å². The number of carbonyl (C=O) groups excluding carboxylic acids is 1. The monoisotopic (exact) mass is 338 g/mol. The molecule has 1 N–H and O–H groups in total. The van der Waals surface area contributed by atoms with Gasteiger partial charge in [-0.3, -0.25) is 4.79 Å². The number of benzene rings is 2. The van der Waals surface area contributed by atoms with E-state index in [9.17, 15) is 4.79 Å². The highest BCUT2D eigenvalue weighted by molar-refractivity contribution is 6.02. The van der Waals surface area contributed by atoms with Crippen molar-refractivity contribution in [2.75, 3.05) is 6.61 Å². The topological polar surface area (TPSA) is 50.7 Å². The van der Waals surface area contributed by atoms with Gasteiger partial charge in [0.1, 0.15) is 5.75 Å². The van der Waals surface area contributed by atoms with Crippen molar-refractivity contribution < 1.29 is 9.53 Å². The second-order valence-corrected chi connectivity index (χ2v) is 6.34. The molecule has 0 aliphatic carbocycles. The Hall–Kier alpha value is -2.62. The number of nitrogens with zero attached hydrogens (tertiary/aromatic N) is 1. The van der Waals surface area contributed by atoms with Gasteiger partial charge in [-0.15, -0.1) is 0 Å². The first-order chi connectivity index (χ1) is 12.1. The Morgan fingerprint density at radius 3 is 2.32 bits per heavy atom. The van der Waals surface area contributed by atoms with E-state index in [2.05, 4.69) is 31.3 Å². The van der Waals surface area contributed by atoms with E-state index in [-0.39, 0.29) is 5.91 Å². The minimum absolute atomic E-state index is 0.222. The van der Waals surface area contributed by atoms with Gasteiger partial charge in [0.15, 0.2) is 0 Å². The van der Waals surface area contributed by atoms with Gasteiger partial charge in [-0.25, -0.2) is 5.43 Å². The van der Waals surface area contributed by atoms with Gasteiger partial charge in [0.2, 0.25) is 0 Å². The minimum Gasteiger partial charge on any atom is -0.493 e. The van der Waals surface area contributed by atoms with Crippen LogP contribution < -0.4 is 10.2 Å². The van der Waals surface area contributed by atoms with Crippen LogP contribution in [-0.4, -0.2) is 18.2 Å². The fraction of sp³-hybridized carbons (Fsp3) is 0.333. The van der Waals surface area contributed by atoms with Crippen LogP contribution in [0.25, 0.3) is 0 Å². The minimum atomic E-state index is -0.222. The number of amides is 1. The molecule has 0 saturated heterocycles. The number of hydrazone groups is 1. The summed E-state index contributed by atoms with van der Waals surface area (Å²) in [5.41, 5.74) is 5.13. The Labute approximate surface area is 149 Å². The molecule has 0 atom stereocenters. The molecule has 2 aromatic carbocycles. The number of hydrogen-bond donors (Lipinski definition) is 1. The first-order valence-corrected chi connectivity index (χ1v) is 8.75. The Morgan fingerprint density at radius 1 is 1.04 bits per heavy atom. The molecule has 25 heavy (non-hydrogen) atoms. The standard InChI is InChI=1S/C21H26N2O2/c1-4-8-20(17-9-6-5-7-10-17)22-23-21(24)18-11-13-19(14-12-18)25-15-16(2)3/h5-7,9-14,16H,4,8,15H2,1-3H3,(H,23,24)/b22-20+. The first kappa shape index (κ1) is 18.7. The lowest BCUT2D eigenvalue weighted by molar-refractivity contribution is 0.0954. The normalized spacial score (nSPS) is 11.4. The number of carbonyl (C=O) groups is 1. The molecule has 132 valence electrons.